The predicted octanol–water partition coefficient (Wildman–Crippen LogP) is 3.41. The first kappa shape index (κ1) is 15.1. The molecule has 0 amide bonds. The number of benzene rings is 2. The van der Waals surface area contributed by atoms with Gasteiger partial charge in [0.25, 0.3) is 0 Å². The van der Waals surface area contributed by atoms with E-state index in [0.717, 1.165) is 29.6 Å². The number of para-hydroxylation sites is 1. The topological polar surface area (TPSA) is 72.1 Å². The highest BCUT2D eigenvalue weighted by Crippen LogP contribution is 2.30. The Bertz CT molecular complexity index is 857. The smallest absolute Gasteiger partial charge is 0.116 e. The van der Waals surface area contributed by atoms with Gasteiger partial charge in [-0.25, -0.2) is 10.9 Å². The van der Waals surface area contributed by atoms with Crippen LogP contribution in [0.25, 0.3) is 10.9 Å². The van der Waals surface area contributed by atoms with E-state index < -0.39 is 0 Å². The molecule has 124 valence electrons. The zero-order valence-corrected chi connectivity index (χ0v) is 13.6. The zero-order chi connectivity index (χ0) is 16.5. The van der Waals surface area contributed by atoms with Crippen LogP contribution in [0.4, 0.5) is 5.69 Å². The molecular weight excluding hydrogens is 300 g/mol. The van der Waals surface area contributed by atoms with Crippen molar-refractivity contribution in [1.82, 2.24) is 15.8 Å². The Morgan fingerprint density at radius 2 is 2.04 bits per heavy atom. The number of nitrogens with one attached hydrogen (secondary N) is 4. The molecule has 0 saturated carbocycles. The Morgan fingerprint density at radius 3 is 2.92 bits per heavy atom. The number of phenols is 1. The number of hydrogen-bond donors (Lipinski definition) is 5. The van der Waals surface area contributed by atoms with Crippen molar-refractivity contribution >= 4 is 16.6 Å². The number of aromatic hydroxyl groups is 1. The van der Waals surface area contributed by atoms with Crippen molar-refractivity contribution in [2.75, 3.05) is 5.32 Å². The van der Waals surface area contributed by atoms with E-state index in [0.29, 0.717) is 5.75 Å². The number of anilines is 1. The Hall–Kier alpha value is -2.50. The molecule has 0 spiro atoms. The first-order valence-corrected chi connectivity index (χ1v) is 8.40. The summed E-state index contributed by atoms with van der Waals surface area (Å²) in [6.45, 7) is 2.09. The molecule has 2 aromatic carbocycles. The molecule has 2 atom stereocenters. The summed E-state index contributed by atoms with van der Waals surface area (Å²) in [7, 11) is 0. The normalized spacial score (nSPS) is 20.5. The van der Waals surface area contributed by atoms with Crippen LogP contribution in [0.2, 0.25) is 0 Å². The molecule has 1 fully saturated rings. The Kier molecular flexibility index (Phi) is 3.88. The third-order valence-corrected chi connectivity index (χ3v) is 4.70. The molecule has 5 heteroatoms. The fraction of sp³-hybridized carbons (Fsp3) is 0.263. The van der Waals surface area contributed by atoms with Gasteiger partial charge >= 0.3 is 0 Å². The molecule has 0 bridgehead atoms. The van der Waals surface area contributed by atoms with Gasteiger partial charge in [-0.3, -0.25) is 0 Å². The second-order valence-electron chi connectivity index (χ2n) is 6.26. The van der Waals surface area contributed by atoms with E-state index in [4.69, 9.17) is 0 Å². The minimum absolute atomic E-state index is 0.138. The lowest BCUT2D eigenvalue weighted by atomic mass is 10.0. The van der Waals surface area contributed by atoms with E-state index in [2.05, 4.69) is 52.5 Å². The molecule has 24 heavy (non-hydrogen) atoms. The van der Waals surface area contributed by atoms with E-state index in [1.807, 2.05) is 18.2 Å². The fourth-order valence-corrected chi connectivity index (χ4v) is 3.44. The summed E-state index contributed by atoms with van der Waals surface area (Å²) in [5.41, 5.74) is 11.4. The van der Waals surface area contributed by atoms with Gasteiger partial charge in [-0.05, 0) is 41.8 Å². The molecule has 5 nitrogen and oxygen atoms in total. The summed E-state index contributed by atoms with van der Waals surface area (Å²) < 4.78 is 0. The van der Waals surface area contributed by atoms with E-state index in [9.17, 15) is 5.11 Å². The predicted molar refractivity (Wildman–Crippen MR) is 96.8 cm³/mol. The minimum Gasteiger partial charge on any atom is -0.508 e. The monoisotopic (exact) mass is 322 g/mol. The van der Waals surface area contributed by atoms with Gasteiger partial charge in [-0.15, -0.1) is 0 Å². The summed E-state index contributed by atoms with van der Waals surface area (Å²) in [5.74, 6) is 0.312. The number of aromatic amines is 1. The number of aromatic nitrogens is 1. The van der Waals surface area contributed by atoms with Crippen LogP contribution in [0.3, 0.4) is 0 Å². The second-order valence-corrected chi connectivity index (χ2v) is 6.26. The first-order valence-electron chi connectivity index (χ1n) is 8.40. The molecule has 0 aliphatic carbocycles. The maximum atomic E-state index is 9.64. The molecule has 2 unspecified atom stereocenters. The van der Waals surface area contributed by atoms with Crippen LogP contribution in [-0.4, -0.2) is 16.3 Å². The average Bonchev–Trinajstić information content (AvgIpc) is 3.23. The summed E-state index contributed by atoms with van der Waals surface area (Å²) >= 11 is 0. The van der Waals surface area contributed by atoms with Crippen molar-refractivity contribution in [2.45, 2.75) is 32.0 Å². The van der Waals surface area contributed by atoms with Gasteiger partial charge in [0.15, 0.2) is 0 Å². The van der Waals surface area contributed by atoms with Crippen LogP contribution in [0, 0.1) is 0 Å². The van der Waals surface area contributed by atoms with Gasteiger partial charge < -0.3 is 15.4 Å². The van der Waals surface area contributed by atoms with Gasteiger partial charge in [0.1, 0.15) is 5.75 Å². The van der Waals surface area contributed by atoms with Gasteiger partial charge in [-0.2, -0.15) is 0 Å². The van der Waals surface area contributed by atoms with Crippen LogP contribution >= 0.6 is 0 Å². The molecule has 5 N–H and O–H groups in total. The van der Waals surface area contributed by atoms with Crippen molar-refractivity contribution in [1.29, 1.82) is 0 Å². The third kappa shape index (κ3) is 2.72. The Balaban J connectivity index is 1.51. The first-order chi connectivity index (χ1) is 11.7. The van der Waals surface area contributed by atoms with Crippen molar-refractivity contribution in [2.24, 2.45) is 0 Å². The van der Waals surface area contributed by atoms with Crippen molar-refractivity contribution < 1.29 is 5.11 Å². The number of aryl methyl sites for hydroxylation is 1. The number of fused-ring (bicyclic) bond motifs is 1. The standard InChI is InChI=1S/C19H22N4O/c1-2-12-9-13(24)7-8-16(12)21-19-10-18(22-23-19)15-11-20-17-6-4-3-5-14(15)17/h3-9,11,18-24H,2,10H2,1H3. The highest BCUT2D eigenvalue weighted by atomic mass is 16.3. The maximum Gasteiger partial charge on any atom is 0.116 e. The molecule has 3 aromatic rings. The molecule has 1 aliphatic heterocycles. The maximum absolute atomic E-state index is 9.64. The number of phenolic OH excluding ortho intramolecular Hbond substituents is 1. The molecule has 0 radical (unpaired) electrons. The largest absolute Gasteiger partial charge is 0.508 e. The van der Waals surface area contributed by atoms with Crippen LogP contribution < -0.4 is 16.2 Å². The Labute approximate surface area is 141 Å². The van der Waals surface area contributed by atoms with Gasteiger partial charge in [-0.1, -0.05) is 25.1 Å². The highest BCUT2D eigenvalue weighted by molar-refractivity contribution is 5.83. The van der Waals surface area contributed by atoms with Crippen LogP contribution in [0.15, 0.2) is 48.7 Å². The van der Waals surface area contributed by atoms with E-state index in [1.54, 1.807) is 6.07 Å². The lowest BCUT2D eigenvalue weighted by molar-refractivity contribution is 0.474. The molecule has 2 heterocycles. The summed E-state index contributed by atoms with van der Waals surface area (Å²) in [6, 6.07) is 14.1. The third-order valence-electron chi connectivity index (χ3n) is 4.70. The van der Waals surface area contributed by atoms with Crippen molar-refractivity contribution in [3.05, 3.63) is 59.8 Å². The Morgan fingerprint density at radius 1 is 1.17 bits per heavy atom. The summed E-state index contributed by atoms with van der Waals surface area (Å²) in [4.78, 5) is 3.34. The van der Waals surface area contributed by atoms with Crippen LogP contribution in [0.1, 0.15) is 30.5 Å². The van der Waals surface area contributed by atoms with Gasteiger partial charge in [0.2, 0.25) is 0 Å². The number of H-pyrrole nitrogens is 1. The van der Waals surface area contributed by atoms with Gasteiger partial charge in [0, 0.05) is 29.2 Å². The SMILES string of the molecule is CCc1cc(O)ccc1NC1CC(c2c[nH]c3ccccc23)NN1. The quantitative estimate of drug-likeness (QED) is 0.477. The van der Waals surface area contributed by atoms with Crippen LogP contribution in [0.5, 0.6) is 5.75 Å². The minimum atomic E-state index is 0.138. The molecule has 1 saturated heterocycles. The molecule has 4 rings (SSSR count). The average molecular weight is 322 g/mol. The summed E-state index contributed by atoms with van der Waals surface area (Å²) in [5, 5.41) is 14.4. The highest BCUT2D eigenvalue weighted by Gasteiger charge is 2.27. The summed E-state index contributed by atoms with van der Waals surface area (Å²) in [6.07, 6.45) is 4.04. The molecule has 1 aromatic heterocycles. The van der Waals surface area contributed by atoms with E-state index >= 15 is 0 Å². The molecular formula is C19H22N4O. The number of rotatable bonds is 4. The van der Waals surface area contributed by atoms with Crippen molar-refractivity contribution in [3.63, 3.8) is 0 Å². The second kappa shape index (κ2) is 6.19. The van der Waals surface area contributed by atoms with E-state index in [1.165, 1.54) is 10.9 Å². The lowest BCUT2D eigenvalue weighted by Gasteiger charge is -2.16. The lowest BCUT2D eigenvalue weighted by Crippen LogP contribution is -2.36. The van der Waals surface area contributed by atoms with Crippen LogP contribution in [-0.2, 0) is 6.42 Å². The molecule has 1 aliphatic rings. The fourth-order valence-electron chi connectivity index (χ4n) is 3.44. The number of hydrogen-bond acceptors (Lipinski definition) is 4. The van der Waals surface area contributed by atoms with E-state index in [-0.39, 0.29) is 12.2 Å². The van der Waals surface area contributed by atoms with Crippen molar-refractivity contribution in [3.8, 4) is 5.75 Å². The number of hydrazine groups is 1. The zero-order valence-electron chi connectivity index (χ0n) is 13.6. The van der Waals surface area contributed by atoms with Gasteiger partial charge in [0.05, 0.1) is 12.2 Å².